The summed E-state index contributed by atoms with van der Waals surface area (Å²) in [4.78, 5) is 14.0. The minimum atomic E-state index is -0.615. The normalized spacial score (nSPS) is 14.4. The molecule has 5 heteroatoms. The van der Waals surface area contributed by atoms with Crippen molar-refractivity contribution >= 4 is 43.7 Å². The van der Waals surface area contributed by atoms with Crippen LogP contribution in [0.5, 0.6) is 0 Å². The van der Waals surface area contributed by atoms with E-state index in [1.807, 2.05) is 97.1 Å². The summed E-state index contributed by atoms with van der Waals surface area (Å²) in [6.07, 6.45) is 0. The lowest BCUT2D eigenvalue weighted by molar-refractivity contribution is 0.669. The molecule has 3 aromatic heterocycles. The Morgan fingerprint density at radius 3 is 1.90 bits per heavy atom. The highest BCUT2D eigenvalue weighted by Gasteiger charge is 2.22. The van der Waals surface area contributed by atoms with Gasteiger partial charge in [0.15, 0.2) is 17.5 Å². The lowest BCUT2D eigenvalue weighted by atomic mass is 10.0. The Morgan fingerprint density at radius 2 is 1.14 bits per heavy atom. The molecule has 0 bridgehead atoms. The van der Waals surface area contributed by atoms with E-state index in [1.54, 1.807) is 6.07 Å². The van der Waals surface area contributed by atoms with Crippen LogP contribution in [0.3, 0.4) is 0 Å². The Morgan fingerprint density at radius 1 is 0.480 bits per heavy atom. The van der Waals surface area contributed by atoms with Gasteiger partial charge in [-0.3, -0.25) is 0 Å². The van der Waals surface area contributed by atoms with Crippen LogP contribution < -0.4 is 0 Å². The molecule has 10 rings (SSSR count). The van der Waals surface area contributed by atoms with Gasteiger partial charge in [-0.1, -0.05) is 133 Å². The maximum atomic E-state index is 8.80. The molecule has 0 aliphatic heterocycles. The van der Waals surface area contributed by atoms with E-state index in [9.17, 15) is 0 Å². The largest absolute Gasteiger partial charge is 0.456 e. The first kappa shape index (κ1) is 19.8. The molecule has 7 aromatic carbocycles. The predicted molar refractivity (Wildman–Crippen MR) is 203 cm³/mol. The smallest absolute Gasteiger partial charge is 0.166 e. The van der Waals surface area contributed by atoms with Crippen LogP contribution >= 0.6 is 0 Å². The molecular formula is C45H28N4O. The second-order valence-corrected chi connectivity index (χ2v) is 11.7. The summed E-state index contributed by atoms with van der Waals surface area (Å²) in [5, 5.41) is 3.44. The molecule has 0 aliphatic rings. The van der Waals surface area contributed by atoms with Crippen LogP contribution in [0.15, 0.2) is 174 Å². The zero-order valence-electron chi connectivity index (χ0n) is 36.1. The number of para-hydroxylation sites is 2. The average molecular weight is 651 g/mol. The number of aromatic nitrogens is 4. The summed E-state index contributed by atoms with van der Waals surface area (Å²) >= 11 is 0. The van der Waals surface area contributed by atoms with E-state index in [0.717, 1.165) is 43.9 Å². The van der Waals surface area contributed by atoms with Crippen molar-refractivity contribution in [3.8, 4) is 51.0 Å². The van der Waals surface area contributed by atoms with E-state index >= 15 is 0 Å². The van der Waals surface area contributed by atoms with Gasteiger partial charge in [-0.15, -0.1) is 0 Å². The Hall–Kier alpha value is -6.85. The van der Waals surface area contributed by atoms with Gasteiger partial charge in [0.2, 0.25) is 0 Å². The van der Waals surface area contributed by atoms with Crippen LogP contribution in [0.25, 0.3) is 94.7 Å². The van der Waals surface area contributed by atoms with Crippen molar-refractivity contribution in [2.75, 3.05) is 0 Å². The summed E-state index contributed by atoms with van der Waals surface area (Å²) in [7, 11) is 0. The molecule has 50 heavy (non-hydrogen) atoms. The van der Waals surface area contributed by atoms with E-state index in [0.29, 0.717) is 22.2 Å². The molecule has 0 aliphatic carbocycles. The summed E-state index contributed by atoms with van der Waals surface area (Å²) < 4.78 is 93.8. The summed E-state index contributed by atoms with van der Waals surface area (Å²) in [6, 6.07) is 29.5. The number of fused-ring (bicyclic) bond motifs is 6. The third-order valence-corrected chi connectivity index (χ3v) is 8.84. The van der Waals surface area contributed by atoms with Crippen molar-refractivity contribution in [3.63, 3.8) is 0 Å². The van der Waals surface area contributed by atoms with Crippen LogP contribution in [0.2, 0.25) is 0 Å². The van der Waals surface area contributed by atoms with Gasteiger partial charge in [0, 0.05) is 32.8 Å². The first-order valence-electron chi connectivity index (χ1n) is 20.9. The molecule has 0 saturated carbocycles. The first-order valence-corrected chi connectivity index (χ1v) is 15.9. The van der Waals surface area contributed by atoms with Crippen molar-refractivity contribution in [1.82, 2.24) is 19.5 Å². The van der Waals surface area contributed by atoms with Gasteiger partial charge in [0.25, 0.3) is 0 Å². The first-order chi connectivity index (χ1) is 28.9. The minimum absolute atomic E-state index is 0.0278. The number of hydrogen-bond donors (Lipinski definition) is 0. The SMILES string of the molecule is [2H]c1c([2H])c([2H])c(-c2nc(-c3c([2H])c([2H])c([2H])c([2H])c3[2H])nc(-c3cccc4c5ccccc5n(-c5cccc6oc7cc(-c8ccccc8)ccc7c56)c34)n2)c([2H])c1[2H]. The highest BCUT2D eigenvalue weighted by molar-refractivity contribution is 6.17. The number of benzene rings is 7. The number of nitrogens with zero attached hydrogens (tertiary/aromatic N) is 4. The Labute approximate surface area is 301 Å². The standard InChI is InChI=1S/C45H28N4O/c1-4-14-29(15-5-1)32-26-27-35-40(28-32)50-39-25-13-24-38(41(35)39)49-37-23-11-10-20-33(37)34-21-12-22-36(42(34)49)45-47-43(30-16-6-2-7-17-30)46-44(48-45)31-18-8-3-9-19-31/h1-28H/i2D,3D,6D,7D,8D,9D,16D,17D,18D,19D. The van der Waals surface area contributed by atoms with E-state index in [4.69, 9.17) is 28.1 Å². The van der Waals surface area contributed by atoms with Gasteiger partial charge in [-0.2, -0.15) is 0 Å². The van der Waals surface area contributed by atoms with Gasteiger partial charge in [0.05, 0.1) is 35.8 Å². The quantitative estimate of drug-likeness (QED) is 0.186. The molecule has 3 heterocycles. The molecule has 0 amide bonds. The molecule has 0 unspecified atom stereocenters. The lowest BCUT2D eigenvalue weighted by Gasteiger charge is -2.13. The van der Waals surface area contributed by atoms with Crippen molar-refractivity contribution in [2.24, 2.45) is 0 Å². The highest BCUT2D eigenvalue weighted by Crippen LogP contribution is 2.42. The Kier molecular flexibility index (Phi) is 4.52. The van der Waals surface area contributed by atoms with Crippen molar-refractivity contribution < 1.29 is 18.1 Å². The average Bonchev–Trinajstić information content (AvgIpc) is 3.82. The number of hydrogen-bond acceptors (Lipinski definition) is 4. The second-order valence-electron chi connectivity index (χ2n) is 11.7. The Bertz CT molecular complexity index is 3310. The molecule has 0 spiro atoms. The van der Waals surface area contributed by atoms with Crippen LogP contribution in [-0.4, -0.2) is 19.5 Å². The van der Waals surface area contributed by atoms with Crippen molar-refractivity contribution in [2.45, 2.75) is 0 Å². The number of rotatable bonds is 5. The van der Waals surface area contributed by atoms with E-state index < -0.39 is 60.4 Å². The number of furan rings is 1. The molecule has 234 valence electrons. The minimum Gasteiger partial charge on any atom is -0.456 e. The van der Waals surface area contributed by atoms with Gasteiger partial charge in [-0.25, -0.2) is 15.0 Å². The monoisotopic (exact) mass is 650 g/mol. The predicted octanol–water partition coefficient (Wildman–Crippen LogP) is 11.5. The van der Waals surface area contributed by atoms with E-state index in [-0.39, 0.29) is 28.6 Å². The lowest BCUT2D eigenvalue weighted by Crippen LogP contribution is -2.02. The topological polar surface area (TPSA) is 56.7 Å². The fourth-order valence-electron chi connectivity index (χ4n) is 6.70. The molecule has 0 fully saturated rings. The Balaban J connectivity index is 1.31. The van der Waals surface area contributed by atoms with Crippen LogP contribution in [-0.2, 0) is 0 Å². The summed E-state index contributed by atoms with van der Waals surface area (Å²) in [5.41, 5.74) is 5.43. The molecule has 5 nitrogen and oxygen atoms in total. The molecule has 0 N–H and O–H groups in total. The third-order valence-electron chi connectivity index (χ3n) is 8.84. The highest BCUT2D eigenvalue weighted by atomic mass is 16.3. The zero-order chi connectivity index (χ0) is 41.7. The molecule has 0 atom stereocenters. The molecular weight excluding hydrogens is 613 g/mol. The van der Waals surface area contributed by atoms with Gasteiger partial charge < -0.3 is 8.98 Å². The van der Waals surface area contributed by atoms with Crippen LogP contribution in [0.1, 0.15) is 13.7 Å². The second kappa shape index (κ2) is 11.4. The third kappa shape index (κ3) is 4.52. The van der Waals surface area contributed by atoms with Gasteiger partial charge in [-0.05, 0) is 47.5 Å². The fourth-order valence-corrected chi connectivity index (χ4v) is 6.70. The molecule has 0 saturated heterocycles. The van der Waals surface area contributed by atoms with Crippen LogP contribution in [0, 0.1) is 0 Å². The maximum Gasteiger partial charge on any atom is 0.166 e. The van der Waals surface area contributed by atoms with E-state index in [1.165, 1.54) is 0 Å². The fraction of sp³-hybridized carbons (Fsp3) is 0. The summed E-state index contributed by atoms with van der Waals surface area (Å²) in [5.74, 6) is -0.703. The van der Waals surface area contributed by atoms with Crippen molar-refractivity contribution in [3.05, 3.63) is 170 Å². The zero-order valence-corrected chi connectivity index (χ0v) is 26.1. The molecule has 10 aromatic rings. The van der Waals surface area contributed by atoms with Crippen LogP contribution in [0.4, 0.5) is 0 Å². The van der Waals surface area contributed by atoms with Crippen molar-refractivity contribution in [1.29, 1.82) is 0 Å². The molecule has 0 radical (unpaired) electrons. The van der Waals surface area contributed by atoms with Gasteiger partial charge in [0.1, 0.15) is 11.2 Å². The van der Waals surface area contributed by atoms with Gasteiger partial charge >= 0.3 is 0 Å². The maximum absolute atomic E-state index is 8.80. The summed E-state index contributed by atoms with van der Waals surface area (Å²) in [6.45, 7) is 0. The van der Waals surface area contributed by atoms with E-state index in [2.05, 4.69) is 15.6 Å².